The molecule has 0 aliphatic rings. The third-order valence-corrected chi connectivity index (χ3v) is 2.25. The number of terminal acetylenes is 1. The molecule has 0 radical (unpaired) electrons. The van der Waals surface area contributed by atoms with Crippen molar-refractivity contribution < 1.29 is 9.36 Å². The number of hydrogen-bond acceptors (Lipinski definition) is 1. The van der Waals surface area contributed by atoms with Crippen molar-refractivity contribution in [2.75, 3.05) is 0 Å². The third-order valence-electron chi connectivity index (χ3n) is 2.25. The quantitative estimate of drug-likeness (QED) is 0.515. The largest absolute Gasteiger partial charge is 0.425 e. The lowest BCUT2D eigenvalue weighted by Gasteiger charge is -1.96. The lowest BCUT2D eigenvalue weighted by molar-refractivity contribution is -0.573. The first-order valence-electron chi connectivity index (χ1n) is 4.90. The highest BCUT2D eigenvalue weighted by molar-refractivity contribution is 5.87. The zero-order valence-corrected chi connectivity index (χ0v) is 8.63. The Kier molecular flexibility index (Phi) is 2.79. The molecule has 0 atom stereocenters. The van der Waals surface area contributed by atoms with E-state index in [-0.39, 0.29) is 5.91 Å². The van der Waals surface area contributed by atoms with E-state index in [2.05, 4.69) is 5.92 Å². The first kappa shape index (κ1) is 10.1. The Balaban J connectivity index is 2.47. The number of pyridine rings is 1. The summed E-state index contributed by atoms with van der Waals surface area (Å²) in [7, 11) is 0. The van der Waals surface area contributed by atoms with E-state index in [1.807, 2.05) is 24.3 Å². The van der Waals surface area contributed by atoms with Gasteiger partial charge in [0.05, 0.1) is 5.56 Å². The van der Waals surface area contributed by atoms with E-state index in [0.717, 1.165) is 0 Å². The molecule has 2 nitrogen and oxygen atoms in total. The van der Waals surface area contributed by atoms with Crippen molar-refractivity contribution in [3.05, 3.63) is 66.0 Å². The Morgan fingerprint density at radius 1 is 1.06 bits per heavy atom. The van der Waals surface area contributed by atoms with Gasteiger partial charge in [-0.2, -0.15) is 0 Å². The predicted molar refractivity (Wildman–Crippen MR) is 60.7 cm³/mol. The van der Waals surface area contributed by atoms with Crippen molar-refractivity contribution in [2.45, 2.75) is 0 Å². The summed E-state index contributed by atoms with van der Waals surface area (Å²) in [6, 6.07) is 14.4. The van der Waals surface area contributed by atoms with Crippen molar-refractivity contribution >= 4 is 5.91 Å². The summed E-state index contributed by atoms with van der Waals surface area (Å²) in [5, 5.41) is 0. The van der Waals surface area contributed by atoms with Gasteiger partial charge in [-0.05, 0) is 24.1 Å². The van der Waals surface area contributed by atoms with Crippen LogP contribution in [0.4, 0.5) is 0 Å². The first-order chi connectivity index (χ1) is 7.83. The first-order valence-corrected chi connectivity index (χ1v) is 4.90. The Labute approximate surface area is 94.2 Å². The fourth-order valence-electron chi connectivity index (χ4n) is 1.46. The van der Waals surface area contributed by atoms with Crippen LogP contribution < -0.4 is 4.57 Å². The summed E-state index contributed by atoms with van der Waals surface area (Å²) in [6.07, 6.45) is 7.01. The molecule has 1 heterocycles. The summed E-state index contributed by atoms with van der Waals surface area (Å²) < 4.78 is 1.47. The molecule has 0 fully saturated rings. The molecule has 0 N–H and O–H groups in total. The molecule has 0 aliphatic heterocycles. The van der Waals surface area contributed by atoms with Gasteiger partial charge in [0, 0.05) is 12.1 Å². The molecule has 76 valence electrons. The van der Waals surface area contributed by atoms with Gasteiger partial charge in [-0.15, -0.1) is 11.0 Å². The molecule has 2 heteroatoms. The van der Waals surface area contributed by atoms with Gasteiger partial charge in [-0.3, -0.25) is 0 Å². The van der Waals surface area contributed by atoms with E-state index in [1.54, 1.807) is 30.5 Å². The minimum absolute atomic E-state index is 0.117. The van der Waals surface area contributed by atoms with Crippen molar-refractivity contribution in [1.29, 1.82) is 0 Å². The van der Waals surface area contributed by atoms with E-state index >= 15 is 0 Å². The molecule has 16 heavy (non-hydrogen) atoms. The maximum Gasteiger partial charge on any atom is 0.425 e. The summed E-state index contributed by atoms with van der Waals surface area (Å²) >= 11 is 0. The van der Waals surface area contributed by atoms with Crippen molar-refractivity contribution in [3.8, 4) is 12.3 Å². The summed E-state index contributed by atoms with van der Waals surface area (Å²) in [6.45, 7) is 0. The monoisotopic (exact) mass is 208 g/mol. The average molecular weight is 208 g/mol. The summed E-state index contributed by atoms with van der Waals surface area (Å²) in [5.74, 6) is 2.37. The number of carbonyl (C=O) groups is 1. The van der Waals surface area contributed by atoms with E-state index in [1.165, 1.54) is 4.57 Å². The topological polar surface area (TPSA) is 20.9 Å². The van der Waals surface area contributed by atoms with Gasteiger partial charge in [0.15, 0.2) is 6.20 Å². The lowest BCUT2D eigenvalue weighted by Crippen LogP contribution is -2.45. The van der Waals surface area contributed by atoms with Crippen molar-refractivity contribution in [2.24, 2.45) is 0 Å². The molecule has 0 aliphatic carbocycles. The number of nitrogens with zero attached hydrogens (tertiary/aromatic N) is 1. The molecule has 0 saturated carbocycles. The third kappa shape index (κ3) is 1.84. The van der Waals surface area contributed by atoms with Crippen LogP contribution in [0.15, 0.2) is 54.7 Å². The second kappa shape index (κ2) is 4.41. The average Bonchev–Trinajstić information content (AvgIpc) is 2.39. The van der Waals surface area contributed by atoms with Crippen molar-refractivity contribution in [1.82, 2.24) is 0 Å². The molecule has 0 amide bonds. The van der Waals surface area contributed by atoms with Crippen LogP contribution in [0.2, 0.25) is 0 Å². The molecular weight excluding hydrogens is 198 g/mol. The zero-order chi connectivity index (χ0) is 11.4. The van der Waals surface area contributed by atoms with Gasteiger partial charge >= 0.3 is 5.91 Å². The smallest absolute Gasteiger partial charge is 0.214 e. The number of rotatable bonds is 1. The van der Waals surface area contributed by atoms with Crippen LogP contribution in [0.5, 0.6) is 0 Å². The highest BCUT2D eigenvalue weighted by atomic mass is 16.2. The zero-order valence-electron chi connectivity index (χ0n) is 8.63. The Bertz CT molecular complexity index is 552. The maximum atomic E-state index is 12.1. The lowest BCUT2D eigenvalue weighted by atomic mass is 10.2. The van der Waals surface area contributed by atoms with E-state index in [9.17, 15) is 4.79 Å². The molecule has 0 spiro atoms. The van der Waals surface area contributed by atoms with Gasteiger partial charge in [-0.1, -0.05) is 18.2 Å². The minimum Gasteiger partial charge on any atom is -0.214 e. The van der Waals surface area contributed by atoms with Crippen LogP contribution in [0.3, 0.4) is 0 Å². The van der Waals surface area contributed by atoms with Gasteiger partial charge < -0.3 is 0 Å². The van der Waals surface area contributed by atoms with Crippen molar-refractivity contribution in [3.63, 3.8) is 0 Å². The van der Waals surface area contributed by atoms with E-state index in [4.69, 9.17) is 6.42 Å². The standard InChI is InChI=1S/C14H10NO/c1-2-13-10-6-7-11-15(13)14(16)12-8-4-3-5-9-12/h1,3-11H/q+1. The second-order valence-electron chi connectivity index (χ2n) is 3.27. The molecule has 0 bridgehead atoms. The fourth-order valence-corrected chi connectivity index (χ4v) is 1.46. The summed E-state index contributed by atoms with van der Waals surface area (Å²) in [5.41, 5.74) is 1.17. The number of benzene rings is 1. The minimum atomic E-state index is -0.117. The number of hydrogen-bond donors (Lipinski definition) is 0. The highest BCUT2D eigenvalue weighted by Gasteiger charge is 2.19. The molecular formula is C14H10NO+. The summed E-state index contributed by atoms with van der Waals surface area (Å²) in [4.78, 5) is 12.1. The van der Waals surface area contributed by atoms with E-state index < -0.39 is 0 Å². The fraction of sp³-hybridized carbons (Fsp3) is 0. The van der Waals surface area contributed by atoms with Crippen LogP contribution >= 0.6 is 0 Å². The Hall–Kier alpha value is -2.40. The van der Waals surface area contributed by atoms with Gasteiger partial charge in [0.1, 0.15) is 0 Å². The Morgan fingerprint density at radius 3 is 2.44 bits per heavy atom. The van der Waals surface area contributed by atoms with Gasteiger partial charge in [-0.25, -0.2) is 4.79 Å². The predicted octanol–water partition coefficient (Wildman–Crippen LogP) is 1.64. The molecule has 2 rings (SSSR count). The SMILES string of the molecule is C#Cc1cccc[n+]1C(=O)c1ccccc1. The normalized spacial score (nSPS) is 9.44. The maximum absolute atomic E-state index is 12.1. The van der Waals surface area contributed by atoms with Gasteiger partial charge in [0.2, 0.25) is 0 Å². The molecule has 1 aromatic heterocycles. The number of carbonyl (C=O) groups excluding carboxylic acids is 1. The van der Waals surface area contributed by atoms with Gasteiger partial charge in [0.25, 0.3) is 5.69 Å². The van der Waals surface area contributed by atoms with Crippen LogP contribution in [0.1, 0.15) is 16.1 Å². The van der Waals surface area contributed by atoms with Crippen LogP contribution in [-0.2, 0) is 0 Å². The second-order valence-corrected chi connectivity index (χ2v) is 3.27. The molecule has 1 aromatic carbocycles. The van der Waals surface area contributed by atoms with E-state index in [0.29, 0.717) is 11.3 Å². The molecule has 0 unspecified atom stereocenters. The highest BCUT2D eigenvalue weighted by Crippen LogP contribution is 1.99. The molecule has 0 saturated heterocycles. The number of aromatic nitrogens is 1. The Morgan fingerprint density at radius 2 is 1.75 bits per heavy atom. The van der Waals surface area contributed by atoms with Crippen LogP contribution in [-0.4, -0.2) is 5.91 Å². The van der Waals surface area contributed by atoms with Crippen LogP contribution in [0, 0.1) is 12.3 Å². The molecule has 2 aromatic rings. The van der Waals surface area contributed by atoms with Crippen LogP contribution in [0.25, 0.3) is 0 Å².